The molecular formula is C15H20O6. The van der Waals surface area contributed by atoms with Crippen LogP contribution >= 0.6 is 0 Å². The highest BCUT2D eigenvalue weighted by Gasteiger charge is 2.61. The van der Waals surface area contributed by atoms with Gasteiger partial charge in [0.1, 0.15) is 6.10 Å². The molecule has 0 bridgehead atoms. The summed E-state index contributed by atoms with van der Waals surface area (Å²) in [5.41, 5.74) is -1.66. The molecule has 0 unspecified atom stereocenters. The molecule has 0 radical (unpaired) electrons. The normalized spacial score (nSPS) is 34.8. The molecule has 2 heterocycles. The first-order valence-electron chi connectivity index (χ1n) is 6.79. The summed E-state index contributed by atoms with van der Waals surface area (Å²) in [7, 11) is 0. The second-order valence-corrected chi connectivity index (χ2v) is 5.48. The van der Waals surface area contributed by atoms with Gasteiger partial charge in [0.25, 0.3) is 0 Å². The molecule has 0 aromatic carbocycles. The number of Topliss-reactive ketones (excluding diaryl/α,β-unsaturated/α-hetero) is 1. The Labute approximate surface area is 123 Å². The van der Waals surface area contributed by atoms with Gasteiger partial charge >= 0.3 is 5.97 Å². The van der Waals surface area contributed by atoms with Gasteiger partial charge in [-0.15, -0.1) is 13.2 Å². The molecule has 0 aromatic rings. The molecule has 3 atom stereocenters. The zero-order valence-corrected chi connectivity index (χ0v) is 12.3. The zero-order valence-electron chi connectivity index (χ0n) is 12.3. The average Bonchev–Trinajstić information content (AvgIpc) is 2.89. The quantitative estimate of drug-likeness (QED) is 0.416. The first-order valence-corrected chi connectivity index (χ1v) is 6.79. The summed E-state index contributed by atoms with van der Waals surface area (Å²) in [6, 6.07) is 0. The predicted octanol–water partition coefficient (Wildman–Crippen LogP) is 1.15. The number of carbonyl (C=O) groups excluding carboxylic acids is 2. The van der Waals surface area contributed by atoms with E-state index in [1.165, 1.54) is 12.2 Å². The van der Waals surface area contributed by atoms with Gasteiger partial charge < -0.3 is 18.9 Å². The number of hydrogen-bond acceptors (Lipinski definition) is 6. The minimum atomic E-state index is -1.66. The molecule has 0 aliphatic carbocycles. The highest BCUT2D eigenvalue weighted by atomic mass is 16.8. The minimum absolute atomic E-state index is 0.0476. The topological polar surface area (TPSA) is 71.1 Å². The lowest BCUT2D eigenvalue weighted by Gasteiger charge is -2.22. The van der Waals surface area contributed by atoms with E-state index in [0.717, 1.165) is 0 Å². The van der Waals surface area contributed by atoms with E-state index in [1.54, 1.807) is 13.8 Å². The lowest BCUT2D eigenvalue weighted by molar-refractivity contribution is -0.167. The van der Waals surface area contributed by atoms with Gasteiger partial charge in [0.15, 0.2) is 11.9 Å². The fourth-order valence-electron chi connectivity index (χ4n) is 2.48. The Balaban J connectivity index is 2.21. The van der Waals surface area contributed by atoms with Gasteiger partial charge in [0.2, 0.25) is 11.4 Å². The molecule has 0 saturated carbocycles. The van der Waals surface area contributed by atoms with E-state index in [-0.39, 0.29) is 19.6 Å². The Morgan fingerprint density at radius 1 is 1.33 bits per heavy atom. The Bertz CT molecular complexity index is 469. The van der Waals surface area contributed by atoms with Crippen molar-refractivity contribution >= 4 is 11.8 Å². The van der Waals surface area contributed by atoms with Crippen LogP contribution in [0.3, 0.4) is 0 Å². The van der Waals surface area contributed by atoms with Crippen LogP contribution in [0.1, 0.15) is 20.3 Å². The second-order valence-electron chi connectivity index (χ2n) is 5.48. The van der Waals surface area contributed by atoms with E-state index < -0.39 is 35.3 Å². The zero-order chi connectivity index (χ0) is 15.7. The summed E-state index contributed by atoms with van der Waals surface area (Å²) in [6.07, 6.45) is 1.32. The molecule has 21 heavy (non-hydrogen) atoms. The number of rotatable bonds is 6. The third-order valence-corrected chi connectivity index (χ3v) is 3.47. The molecule has 2 aliphatic heterocycles. The molecule has 6 heteroatoms. The molecule has 2 saturated heterocycles. The first-order chi connectivity index (χ1) is 9.86. The second kappa shape index (κ2) is 5.71. The van der Waals surface area contributed by atoms with Gasteiger partial charge in [-0.25, -0.2) is 4.79 Å². The van der Waals surface area contributed by atoms with Crippen LogP contribution in [0.15, 0.2) is 25.3 Å². The maximum Gasteiger partial charge on any atom is 0.347 e. The van der Waals surface area contributed by atoms with Crippen LogP contribution in [0, 0.1) is 0 Å². The fourth-order valence-corrected chi connectivity index (χ4v) is 2.48. The Kier molecular flexibility index (Phi) is 4.32. The van der Waals surface area contributed by atoms with Crippen LogP contribution in [-0.4, -0.2) is 48.6 Å². The number of hydrogen-bond donors (Lipinski definition) is 0. The molecular weight excluding hydrogens is 276 g/mol. The van der Waals surface area contributed by atoms with Gasteiger partial charge in [-0.1, -0.05) is 12.2 Å². The molecule has 116 valence electrons. The van der Waals surface area contributed by atoms with Gasteiger partial charge in [-0.2, -0.15) is 0 Å². The molecule has 0 N–H and O–H groups in total. The van der Waals surface area contributed by atoms with Gasteiger partial charge in [0.05, 0.1) is 13.2 Å². The minimum Gasteiger partial charge on any atom is -0.449 e. The molecule has 6 nitrogen and oxygen atoms in total. The largest absolute Gasteiger partial charge is 0.449 e. The van der Waals surface area contributed by atoms with Crippen LogP contribution in [0.25, 0.3) is 0 Å². The van der Waals surface area contributed by atoms with Crippen LogP contribution in [0.5, 0.6) is 0 Å². The summed E-state index contributed by atoms with van der Waals surface area (Å²) in [4.78, 5) is 24.8. The molecule has 2 aliphatic rings. The van der Waals surface area contributed by atoms with Crippen molar-refractivity contribution in [2.45, 2.75) is 43.9 Å². The van der Waals surface area contributed by atoms with Crippen molar-refractivity contribution in [3.05, 3.63) is 25.3 Å². The third-order valence-electron chi connectivity index (χ3n) is 3.47. The van der Waals surface area contributed by atoms with Crippen molar-refractivity contribution < 1.29 is 28.5 Å². The molecule has 2 fully saturated rings. The van der Waals surface area contributed by atoms with E-state index in [9.17, 15) is 9.59 Å². The Morgan fingerprint density at radius 3 is 2.57 bits per heavy atom. The van der Waals surface area contributed by atoms with Crippen molar-refractivity contribution in [3.8, 4) is 0 Å². The van der Waals surface area contributed by atoms with Crippen molar-refractivity contribution in [3.63, 3.8) is 0 Å². The molecule has 0 aromatic heterocycles. The fraction of sp³-hybridized carbons (Fsp3) is 0.600. The SMILES string of the molecule is C=CCO[C@@]1(CC=C)C(=O)O[C@H]([C@@H]2COC(C)(C)O2)C1=O. The van der Waals surface area contributed by atoms with Crippen LogP contribution in [0.4, 0.5) is 0 Å². The average molecular weight is 296 g/mol. The van der Waals surface area contributed by atoms with E-state index in [2.05, 4.69) is 13.2 Å². The van der Waals surface area contributed by atoms with Crippen molar-refractivity contribution in [1.29, 1.82) is 0 Å². The van der Waals surface area contributed by atoms with Gasteiger partial charge in [-0.05, 0) is 13.8 Å². The summed E-state index contributed by atoms with van der Waals surface area (Å²) < 4.78 is 21.7. The first kappa shape index (κ1) is 15.9. The smallest absolute Gasteiger partial charge is 0.347 e. The van der Waals surface area contributed by atoms with Gasteiger partial charge in [-0.3, -0.25) is 4.79 Å². The van der Waals surface area contributed by atoms with Crippen LogP contribution in [0.2, 0.25) is 0 Å². The highest BCUT2D eigenvalue weighted by Crippen LogP contribution is 2.35. The lowest BCUT2D eigenvalue weighted by atomic mass is 9.92. The monoisotopic (exact) mass is 296 g/mol. The molecule has 0 spiro atoms. The summed E-state index contributed by atoms with van der Waals surface area (Å²) in [5, 5.41) is 0. The van der Waals surface area contributed by atoms with E-state index in [4.69, 9.17) is 18.9 Å². The number of ketones is 1. The number of ether oxygens (including phenoxy) is 4. The third kappa shape index (κ3) is 2.79. The van der Waals surface area contributed by atoms with E-state index in [0.29, 0.717) is 0 Å². The van der Waals surface area contributed by atoms with Gasteiger partial charge in [0, 0.05) is 6.42 Å². The maximum absolute atomic E-state index is 12.6. The van der Waals surface area contributed by atoms with Crippen molar-refractivity contribution in [2.24, 2.45) is 0 Å². The summed E-state index contributed by atoms with van der Waals surface area (Å²) in [5.74, 6) is -1.98. The summed E-state index contributed by atoms with van der Waals surface area (Å²) >= 11 is 0. The van der Waals surface area contributed by atoms with Crippen LogP contribution < -0.4 is 0 Å². The van der Waals surface area contributed by atoms with Crippen molar-refractivity contribution in [2.75, 3.05) is 13.2 Å². The Hall–Kier alpha value is -1.50. The van der Waals surface area contributed by atoms with Crippen LogP contribution in [-0.2, 0) is 28.5 Å². The summed E-state index contributed by atoms with van der Waals surface area (Å²) in [6.45, 7) is 10.8. The lowest BCUT2D eigenvalue weighted by Crippen LogP contribution is -2.47. The predicted molar refractivity (Wildman–Crippen MR) is 73.5 cm³/mol. The highest BCUT2D eigenvalue weighted by molar-refractivity contribution is 6.14. The number of cyclic esters (lactones) is 1. The number of esters is 1. The maximum atomic E-state index is 12.6. The number of carbonyl (C=O) groups is 2. The van der Waals surface area contributed by atoms with E-state index >= 15 is 0 Å². The van der Waals surface area contributed by atoms with Crippen molar-refractivity contribution in [1.82, 2.24) is 0 Å². The Morgan fingerprint density at radius 2 is 2.05 bits per heavy atom. The van der Waals surface area contributed by atoms with E-state index in [1.807, 2.05) is 0 Å². The standard InChI is InChI=1S/C15H20O6/c1-5-7-15(18-8-6-2)12(16)11(20-13(15)17)10-9-19-14(3,4)21-10/h5-6,10-11H,1-2,7-9H2,3-4H3/t10-,11+,15+/m0/s1. The molecule has 0 amide bonds. The molecule has 2 rings (SSSR count).